The number of hydrogen-bond donors (Lipinski definition) is 2. The molecule has 0 aliphatic carbocycles. The van der Waals surface area contributed by atoms with Crippen LogP contribution in [0.4, 0.5) is 5.69 Å². The average molecular weight is 482 g/mol. The number of likely N-dealkylation sites (tertiary alicyclic amines) is 1. The van der Waals surface area contributed by atoms with Crippen molar-refractivity contribution in [2.75, 3.05) is 38.0 Å². The fraction of sp³-hybridized carbons (Fsp3) is 0.333. The minimum atomic E-state index is 0.0252. The van der Waals surface area contributed by atoms with Crippen molar-refractivity contribution in [1.82, 2.24) is 20.0 Å². The highest BCUT2D eigenvalue weighted by Gasteiger charge is 2.12. The molecule has 0 radical (unpaired) electrons. The van der Waals surface area contributed by atoms with E-state index in [1.807, 2.05) is 30.5 Å². The van der Waals surface area contributed by atoms with Crippen molar-refractivity contribution in [3.8, 4) is 11.1 Å². The highest BCUT2D eigenvalue weighted by atomic mass is 16.1. The Morgan fingerprint density at radius 1 is 0.861 bits per heavy atom. The second kappa shape index (κ2) is 12.0. The molecule has 2 N–H and O–H groups in total. The second-order valence-electron chi connectivity index (χ2n) is 9.55. The predicted octanol–water partition coefficient (Wildman–Crippen LogP) is 4.96. The van der Waals surface area contributed by atoms with Gasteiger partial charge in [0.25, 0.3) is 0 Å². The summed E-state index contributed by atoms with van der Waals surface area (Å²) in [5.74, 6) is 0.0252. The van der Waals surface area contributed by atoms with Gasteiger partial charge in [0.05, 0.1) is 18.3 Å². The van der Waals surface area contributed by atoms with Crippen molar-refractivity contribution >= 4 is 22.5 Å². The molecule has 0 unspecified atom stereocenters. The van der Waals surface area contributed by atoms with Gasteiger partial charge in [0.2, 0.25) is 5.91 Å². The number of hydrogen-bond acceptors (Lipinski definition) is 4. The summed E-state index contributed by atoms with van der Waals surface area (Å²) in [6.45, 7) is 5.78. The molecule has 0 bridgehead atoms. The maximum atomic E-state index is 12.5. The van der Waals surface area contributed by atoms with Gasteiger partial charge in [0.15, 0.2) is 0 Å². The summed E-state index contributed by atoms with van der Waals surface area (Å²) < 4.78 is 2.05. The summed E-state index contributed by atoms with van der Waals surface area (Å²) in [6, 6.07) is 25.2. The van der Waals surface area contributed by atoms with Crippen molar-refractivity contribution in [2.24, 2.45) is 0 Å². The lowest BCUT2D eigenvalue weighted by Crippen LogP contribution is -2.24. The molecule has 1 amide bonds. The van der Waals surface area contributed by atoms with E-state index in [9.17, 15) is 4.79 Å². The lowest BCUT2D eigenvalue weighted by atomic mass is 10.0. The van der Waals surface area contributed by atoms with Crippen LogP contribution in [0.2, 0.25) is 0 Å². The zero-order valence-corrected chi connectivity index (χ0v) is 20.8. The zero-order valence-electron chi connectivity index (χ0n) is 20.8. The molecule has 1 aromatic heterocycles. The van der Waals surface area contributed by atoms with E-state index in [0.29, 0.717) is 13.0 Å². The molecule has 6 nitrogen and oxygen atoms in total. The molecule has 1 aliphatic heterocycles. The number of nitrogens with one attached hydrogen (secondary N) is 2. The third-order valence-corrected chi connectivity index (χ3v) is 6.94. The summed E-state index contributed by atoms with van der Waals surface area (Å²) in [7, 11) is 0. The molecule has 0 saturated carbocycles. The average Bonchev–Trinajstić information content (AvgIpc) is 3.58. The molecule has 5 rings (SSSR count). The van der Waals surface area contributed by atoms with E-state index < -0.39 is 0 Å². The monoisotopic (exact) mass is 481 g/mol. The lowest BCUT2D eigenvalue weighted by Gasteiger charge is -2.14. The third kappa shape index (κ3) is 6.39. The standard InChI is InChI=1S/C30H35N5O/c36-30(15-17-31-16-14-24-8-10-26(11-9-24)25-6-2-1-3-7-25)33-28-13-12-27-23-32-35(29(27)22-28)21-20-34-18-4-5-19-34/h1-3,6-13,22-23,31H,4-5,14-21H2,(H,33,36). The van der Waals surface area contributed by atoms with E-state index in [4.69, 9.17) is 0 Å². The van der Waals surface area contributed by atoms with E-state index in [0.717, 1.165) is 42.6 Å². The first-order valence-electron chi connectivity index (χ1n) is 13.1. The van der Waals surface area contributed by atoms with Crippen molar-refractivity contribution in [2.45, 2.75) is 32.2 Å². The van der Waals surface area contributed by atoms with Gasteiger partial charge in [-0.25, -0.2) is 0 Å². The van der Waals surface area contributed by atoms with Crippen LogP contribution < -0.4 is 10.6 Å². The molecule has 1 saturated heterocycles. The fourth-order valence-corrected chi connectivity index (χ4v) is 4.85. The number of amides is 1. The minimum Gasteiger partial charge on any atom is -0.326 e. The van der Waals surface area contributed by atoms with Gasteiger partial charge < -0.3 is 15.5 Å². The summed E-state index contributed by atoms with van der Waals surface area (Å²) >= 11 is 0. The Bertz CT molecular complexity index is 1260. The van der Waals surface area contributed by atoms with Gasteiger partial charge in [-0.1, -0.05) is 54.6 Å². The van der Waals surface area contributed by atoms with Crippen LogP contribution in [0, 0.1) is 0 Å². The molecule has 186 valence electrons. The van der Waals surface area contributed by atoms with Crippen LogP contribution in [0.25, 0.3) is 22.0 Å². The number of carbonyl (C=O) groups is 1. The first-order chi connectivity index (χ1) is 17.7. The van der Waals surface area contributed by atoms with E-state index >= 15 is 0 Å². The molecule has 4 aromatic rings. The third-order valence-electron chi connectivity index (χ3n) is 6.94. The molecular weight excluding hydrogens is 446 g/mol. The molecule has 2 heterocycles. The van der Waals surface area contributed by atoms with Crippen LogP contribution in [-0.2, 0) is 17.8 Å². The van der Waals surface area contributed by atoms with Crippen LogP contribution in [0.1, 0.15) is 24.8 Å². The van der Waals surface area contributed by atoms with Crippen molar-refractivity contribution in [1.29, 1.82) is 0 Å². The largest absolute Gasteiger partial charge is 0.326 e. The number of fused-ring (bicyclic) bond motifs is 1. The minimum absolute atomic E-state index is 0.0252. The number of rotatable bonds is 11. The topological polar surface area (TPSA) is 62.2 Å². The predicted molar refractivity (Wildman–Crippen MR) is 147 cm³/mol. The summed E-state index contributed by atoms with van der Waals surface area (Å²) in [5.41, 5.74) is 5.66. The van der Waals surface area contributed by atoms with Gasteiger partial charge in [-0.05, 0) is 73.8 Å². The van der Waals surface area contributed by atoms with Gasteiger partial charge in [-0.3, -0.25) is 9.48 Å². The molecule has 1 fully saturated rings. The number of carbonyl (C=O) groups excluding carboxylic acids is 1. The van der Waals surface area contributed by atoms with E-state index in [1.165, 1.54) is 42.6 Å². The van der Waals surface area contributed by atoms with E-state index in [2.05, 4.69) is 73.8 Å². The quantitative estimate of drug-likeness (QED) is 0.297. The van der Waals surface area contributed by atoms with Gasteiger partial charge in [0, 0.05) is 30.6 Å². The van der Waals surface area contributed by atoms with Crippen LogP contribution in [0.3, 0.4) is 0 Å². The summed E-state index contributed by atoms with van der Waals surface area (Å²) in [4.78, 5) is 15.0. The molecule has 3 aromatic carbocycles. The highest BCUT2D eigenvalue weighted by molar-refractivity contribution is 5.93. The molecular formula is C30H35N5O. The first-order valence-corrected chi connectivity index (χ1v) is 13.1. The van der Waals surface area contributed by atoms with Gasteiger partial charge in [-0.2, -0.15) is 5.10 Å². The number of benzene rings is 3. The fourth-order valence-electron chi connectivity index (χ4n) is 4.85. The van der Waals surface area contributed by atoms with Crippen molar-refractivity contribution in [3.05, 3.63) is 84.6 Å². The number of nitrogens with zero attached hydrogens (tertiary/aromatic N) is 3. The van der Waals surface area contributed by atoms with Crippen LogP contribution in [-0.4, -0.2) is 53.3 Å². The second-order valence-corrected chi connectivity index (χ2v) is 9.55. The first kappa shape index (κ1) is 24.2. The Kier molecular flexibility index (Phi) is 8.06. The van der Waals surface area contributed by atoms with Gasteiger partial charge in [-0.15, -0.1) is 0 Å². The van der Waals surface area contributed by atoms with Crippen LogP contribution in [0.15, 0.2) is 79.0 Å². The Morgan fingerprint density at radius 3 is 2.44 bits per heavy atom. The van der Waals surface area contributed by atoms with Crippen molar-refractivity contribution < 1.29 is 4.79 Å². The normalized spacial score (nSPS) is 13.9. The highest BCUT2D eigenvalue weighted by Crippen LogP contribution is 2.20. The maximum absolute atomic E-state index is 12.5. The summed E-state index contributed by atoms with van der Waals surface area (Å²) in [6.07, 6.45) is 5.89. The Balaban J connectivity index is 1.04. The van der Waals surface area contributed by atoms with Crippen LogP contribution >= 0.6 is 0 Å². The SMILES string of the molecule is O=C(CCNCCc1ccc(-c2ccccc2)cc1)Nc1ccc2cnn(CCN3CCCC3)c2c1. The zero-order chi connectivity index (χ0) is 24.6. The summed E-state index contributed by atoms with van der Waals surface area (Å²) in [5, 5.41) is 12.1. The maximum Gasteiger partial charge on any atom is 0.225 e. The van der Waals surface area contributed by atoms with Gasteiger partial charge >= 0.3 is 0 Å². The molecule has 6 heteroatoms. The van der Waals surface area contributed by atoms with Gasteiger partial charge in [0.1, 0.15) is 0 Å². The Hall–Kier alpha value is -3.48. The van der Waals surface area contributed by atoms with E-state index in [-0.39, 0.29) is 5.91 Å². The van der Waals surface area contributed by atoms with E-state index in [1.54, 1.807) is 0 Å². The van der Waals surface area contributed by atoms with Crippen molar-refractivity contribution in [3.63, 3.8) is 0 Å². The number of anilines is 1. The smallest absolute Gasteiger partial charge is 0.225 e. The Morgan fingerprint density at radius 2 is 1.64 bits per heavy atom. The molecule has 1 aliphatic rings. The lowest BCUT2D eigenvalue weighted by molar-refractivity contribution is -0.116. The Labute approximate surface area is 213 Å². The molecule has 36 heavy (non-hydrogen) atoms. The molecule has 0 spiro atoms. The molecule has 0 atom stereocenters. The van der Waals surface area contributed by atoms with Crippen LogP contribution in [0.5, 0.6) is 0 Å². The number of aromatic nitrogens is 2.